The van der Waals surface area contributed by atoms with Gasteiger partial charge in [0, 0.05) is 25.0 Å². The van der Waals surface area contributed by atoms with Crippen molar-refractivity contribution in [2.75, 3.05) is 45.3 Å². The average molecular weight is 411 g/mol. The Morgan fingerprint density at radius 2 is 1.80 bits per heavy atom. The SMILES string of the molecule is COc1ccc(C(CNc2ccc3nnc(C(C)(C)C)n3n2)N2CCOCC2)cc1. The number of hydrogen-bond acceptors (Lipinski definition) is 7. The van der Waals surface area contributed by atoms with Crippen LogP contribution in [0.4, 0.5) is 5.82 Å². The van der Waals surface area contributed by atoms with Crippen molar-refractivity contribution < 1.29 is 9.47 Å². The third kappa shape index (κ3) is 4.39. The molecule has 1 aliphatic rings. The molecule has 1 atom stereocenters. The van der Waals surface area contributed by atoms with Gasteiger partial charge in [0.15, 0.2) is 11.5 Å². The number of anilines is 1. The Balaban J connectivity index is 1.57. The molecule has 1 aromatic carbocycles. The normalized spacial score (nSPS) is 16.5. The molecule has 2 aromatic heterocycles. The van der Waals surface area contributed by atoms with Crippen LogP contribution in [-0.4, -0.2) is 64.7 Å². The molecule has 0 bridgehead atoms. The van der Waals surface area contributed by atoms with Gasteiger partial charge >= 0.3 is 0 Å². The lowest BCUT2D eigenvalue weighted by molar-refractivity contribution is 0.0187. The maximum Gasteiger partial charge on any atom is 0.178 e. The fourth-order valence-electron chi connectivity index (χ4n) is 3.73. The lowest BCUT2D eigenvalue weighted by Crippen LogP contribution is -2.41. The van der Waals surface area contributed by atoms with Gasteiger partial charge < -0.3 is 14.8 Å². The van der Waals surface area contributed by atoms with Gasteiger partial charge in [0.1, 0.15) is 11.6 Å². The summed E-state index contributed by atoms with van der Waals surface area (Å²) >= 11 is 0. The minimum atomic E-state index is -0.134. The van der Waals surface area contributed by atoms with E-state index < -0.39 is 0 Å². The first kappa shape index (κ1) is 20.6. The Bertz CT molecular complexity index is 973. The molecule has 160 valence electrons. The van der Waals surface area contributed by atoms with Crippen molar-refractivity contribution in [1.82, 2.24) is 24.7 Å². The van der Waals surface area contributed by atoms with Gasteiger partial charge in [-0.05, 0) is 29.8 Å². The van der Waals surface area contributed by atoms with E-state index in [9.17, 15) is 0 Å². The summed E-state index contributed by atoms with van der Waals surface area (Å²) in [5.41, 5.74) is 1.86. The van der Waals surface area contributed by atoms with Crippen molar-refractivity contribution in [3.63, 3.8) is 0 Å². The van der Waals surface area contributed by atoms with Crippen LogP contribution in [0, 0.1) is 0 Å². The van der Waals surface area contributed by atoms with Crippen molar-refractivity contribution in [3.8, 4) is 5.75 Å². The maximum atomic E-state index is 5.56. The molecule has 4 rings (SSSR count). The van der Waals surface area contributed by atoms with Crippen molar-refractivity contribution >= 4 is 11.5 Å². The quantitative estimate of drug-likeness (QED) is 0.669. The van der Waals surface area contributed by atoms with Crippen LogP contribution >= 0.6 is 0 Å². The Kier molecular flexibility index (Phi) is 5.87. The van der Waals surface area contributed by atoms with E-state index in [0.717, 1.165) is 55.9 Å². The number of aromatic nitrogens is 4. The highest BCUT2D eigenvalue weighted by Gasteiger charge is 2.24. The smallest absolute Gasteiger partial charge is 0.178 e. The minimum absolute atomic E-state index is 0.134. The molecule has 0 saturated carbocycles. The summed E-state index contributed by atoms with van der Waals surface area (Å²) in [6.07, 6.45) is 0. The predicted octanol–water partition coefficient (Wildman–Crippen LogP) is 2.92. The summed E-state index contributed by atoms with van der Waals surface area (Å²) in [6.45, 7) is 10.4. The second kappa shape index (κ2) is 8.57. The van der Waals surface area contributed by atoms with E-state index in [-0.39, 0.29) is 11.5 Å². The largest absolute Gasteiger partial charge is 0.497 e. The zero-order valence-corrected chi connectivity index (χ0v) is 18.1. The third-order valence-electron chi connectivity index (χ3n) is 5.40. The van der Waals surface area contributed by atoms with Crippen LogP contribution in [0.2, 0.25) is 0 Å². The summed E-state index contributed by atoms with van der Waals surface area (Å²) in [5.74, 6) is 2.52. The number of morpholine rings is 1. The van der Waals surface area contributed by atoms with Crippen LogP contribution in [0.5, 0.6) is 5.75 Å². The highest BCUT2D eigenvalue weighted by molar-refractivity contribution is 5.45. The van der Waals surface area contributed by atoms with Crippen LogP contribution < -0.4 is 10.1 Å². The van der Waals surface area contributed by atoms with Crippen LogP contribution in [-0.2, 0) is 10.2 Å². The lowest BCUT2D eigenvalue weighted by atomic mass is 9.96. The second-order valence-corrected chi connectivity index (χ2v) is 8.58. The first-order valence-corrected chi connectivity index (χ1v) is 10.4. The molecule has 30 heavy (non-hydrogen) atoms. The van der Waals surface area contributed by atoms with E-state index in [1.165, 1.54) is 5.56 Å². The number of hydrogen-bond donors (Lipinski definition) is 1. The van der Waals surface area contributed by atoms with Gasteiger partial charge in [-0.25, -0.2) is 0 Å². The van der Waals surface area contributed by atoms with Crippen molar-refractivity contribution in [2.24, 2.45) is 0 Å². The van der Waals surface area contributed by atoms with E-state index in [2.05, 4.69) is 53.3 Å². The Morgan fingerprint density at radius 1 is 1.07 bits per heavy atom. The molecule has 3 aromatic rings. The zero-order valence-electron chi connectivity index (χ0n) is 18.1. The number of nitrogens with zero attached hydrogens (tertiary/aromatic N) is 5. The van der Waals surface area contributed by atoms with Crippen LogP contribution in [0.25, 0.3) is 5.65 Å². The first-order chi connectivity index (χ1) is 14.5. The molecule has 0 aliphatic carbocycles. The zero-order chi connectivity index (χ0) is 21.1. The summed E-state index contributed by atoms with van der Waals surface area (Å²) in [4.78, 5) is 2.45. The van der Waals surface area contributed by atoms with Gasteiger partial charge in [-0.2, -0.15) is 4.52 Å². The molecule has 1 aliphatic heterocycles. The summed E-state index contributed by atoms with van der Waals surface area (Å²) in [7, 11) is 1.69. The van der Waals surface area contributed by atoms with Crippen LogP contribution in [0.15, 0.2) is 36.4 Å². The van der Waals surface area contributed by atoms with Gasteiger partial charge in [-0.3, -0.25) is 4.90 Å². The number of ether oxygens (including phenoxy) is 2. The molecule has 3 heterocycles. The molecule has 8 heteroatoms. The Labute approximate surface area is 177 Å². The van der Waals surface area contributed by atoms with Gasteiger partial charge in [0.05, 0.1) is 26.4 Å². The summed E-state index contributed by atoms with van der Waals surface area (Å²) in [5, 5.41) is 16.9. The molecule has 0 spiro atoms. The second-order valence-electron chi connectivity index (χ2n) is 8.58. The van der Waals surface area contributed by atoms with Crippen molar-refractivity contribution in [2.45, 2.75) is 32.2 Å². The van der Waals surface area contributed by atoms with Crippen molar-refractivity contribution in [3.05, 3.63) is 47.8 Å². The Morgan fingerprint density at radius 3 is 2.47 bits per heavy atom. The maximum absolute atomic E-state index is 5.56. The van der Waals surface area contributed by atoms with Gasteiger partial charge in [0.2, 0.25) is 0 Å². The van der Waals surface area contributed by atoms with Crippen molar-refractivity contribution in [1.29, 1.82) is 0 Å². The molecular weight excluding hydrogens is 380 g/mol. The van der Waals surface area contributed by atoms with Crippen LogP contribution in [0.1, 0.15) is 38.2 Å². The number of methoxy groups -OCH3 is 1. The molecule has 1 N–H and O–H groups in total. The number of rotatable bonds is 6. The third-order valence-corrected chi connectivity index (χ3v) is 5.40. The fourth-order valence-corrected chi connectivity index (χ4v) is 3.73. The monoisotopic (exact) mass is 410 g/mol. The average Bonchev–Trinajstić information content (AvgIpc) is 3.19. The molecule has 0 amide bonds. The molecule has 8 nitrogen and oxygen atoms in total. The lowest BCUT2D eigenvalue weighted by Gasteiger charge is -2.35. The molecule has 1 fully saturated rings. The topological polar surface area (TPSA) is 76.8 Å². The van der Waals surface area contributed by atoms with E-state index in [1.807, 2.05) is 28.8 Å². The number of nitrogens with one attached hydrogen (secondary N) is 1. The number of benzene rings is 1. The van der Waals surface area contributed by atoms with Gasteiger partial charge in [0.25, 0.3) is 0 Å². The number of fused-ring (bicyclic) bond motifs is 1. The summed E-state index contributed by atoms with van der Waals surface area (Å²) < 4.78 is 12.7. The van der Waals surface area contributed by atoms with Crippen LogP contribution in [0.3, 0.4) is 0 Å². The van der Waals surface area contributed by atoms with E-state index in [1.54, 1.807) is 7.11 Å². The minimum Gasteiger partial charge on any atom is -0.497 e. The van der Waals surface area contributed by atoms with E-state index in [4.69, 9.17) is 14.6 Å². The molecule has 1 saturated heterocycles. The summed E-state index contributed by atoms with van der Waals surface area (Å²) in [6, 6.07) is 12.4. The fraction of sp³-hybridized carbons (Fsp3) is 0.500. The highest BCUT2D eigenvalue weighted by atomic mass is 16.5. The van der Waals surface area contributed by atoms with E-state index in [0.29, 0.717) is 0 Å². The molecule has 0 radical (unpaired) electrons. The first-order valence-electron chi connectivity index (χ1n) is 10.4. The molecular formula is C22H30N6O2. The van der Waals surface area contributed by atoms with E-state index >= 15 is 0 Å². The van der Waals surface area contributed by atoms with Gasteiger partial charge in [-0.15, -0.1) is 15.3 Å². The molecule has 1 unspecified atom stereocenters. The predicted molar refractivity (Wildman–Crippen MR) is 116 cm³/mol. The highest BCUT2D eigenvalue weighted by Crippen LogP contribution is 2.25. The standard InChI is InChI=1S/C22H30N6O2/c1-22(2,3)21-25-24-20-10-9-19(26-28(20)21)23-15-18(27-11-13-30-14-12-27)16-5-7-17(29-4)8-6-16/h5-10,18H,11-15H2,1-4H3,(H,23,26). The van der Waals surface area contributed by atoms with Gasteiger partial charge in [-0.1, -0.05) is 32.9 Å². The Hall–Kier alpha value is -2.71.